The Labute approximate surface area is 173 Å². The number of aromatic nitrogens is 5. The fourth-order valence-electron chi connectivity index (χ4n) is 3.83. The Morgan fingerprint density at radius 3 is 2.40 bits per heavy atom. The highest BCUT2D eigenvalue weighted by atomic mass is 16.5. The lowest BCUT2D eigenvalue weighted by Crippen LogP contribution is -2.36. The van der Waals surface area contributed by atoms with E-state index in [0.717, 1.165) is 36.0 Å². The van der Waals surface area contributed by atoms with Gasteiger partial charge in [0, 0.05) is 35.8 Å². The molecule has 4 aromatic rings. The predicted octanol–water partition coefficient (Wildman–Crippen LogP) is 3.65. The van der Waals surface area contributed by atoms with Gasteiger partial charge in [0.05, 0.1) is 12.5 Å². The lowest BCUT2D eigenvalue weighted by molar-refractivity contribution is 0.273. The standard InChI is InChI=1S/C22H20N6O2/c1-29-18-11-15(7-10-24-18)19-27-20(28-30-19)22(8-2-9-22)17-5-3-14(4-6-17)16-12-25-21(23)26-13-16/h3-7,10-13H,2,8-9H2,1H3,(H2,23,25,26). The molecule has 8 nitrogen and oxygen atoms in total. The fourth-order valence-corrected chi connectivity index (χ4v) is 3.83. The number of anilines is 1. The summed E-state index contributed by atoms with van der Waals surface area (Å²) in [5, 5.41) is 4.33. The van der Waals surface area contributed by atoms with Crippen LogP contribution in [0, 0.1) is 0 Å². The molecule has 1 saturated carbocycles. The van der Waals surface area contributed by atoms with E-state index in [1.165, 1.54) is 5.56 Å². The molecule has 0 amide bonds. The van der Waals surface area contributed by atoms with Crippen molar-refractivity contribution in [3.8, 4) is 28.5 Å². The second-order valence-corrected chi connectivity index (χ2v) is 7.35. The first-order valence-corrected chi connectivity index (χ1v) is 9.71. The Hall–Kier alpha value is -3.81. The molecule has 0 spiro atoms. The van der Waals surface area contributed by atoms with Gasteiger partial charge < -0.3 is 15.0 Å². The van der Waals surface area contributed by atoms with Crippen LogP contribution in [0.2, 0.25) is 0 Å². The van der Waals surface area contributed by atoms with E-state index < -0.39 is 0 Å². The van der Waals surface area contributed by atoms with Crippen LogP contribution in [0.5, 0.6) is 5.88 Å². The number of methoxy groups -OCH3 is 1. The summed E-state index contributed by atoms with van der Waals surface area (Å²) in [6.45, 7) is 0. The molecule has 0 aliphatic heterocycles. The molecule has 8 heteroatoms. The number of nitrogen functional groups attached to an aromatic ring is 1. The second-order valence-electron chi connectivity index (χ2n) is 7.35. The molecule has 0 atom stereocenters. The Bertz CT molecular complexity index is 1170. The number of hydrogen-bond donors (Lipinski definition) is 1. The highest BCUT2D eigenvalue weighted by Gasteiger charge is 2.44. The highest BCUT2D eigenvalue weighted by Crippen LogP contribution is 2.48. The number of nitrogens with zero attached hydrogens (tertiary/aromatic N) is 5. The summed E-state index contributed by atoms with van der Waals surface area (Å²) < 4.78 is 10.8. The van der Waals surface area contributed by atoms with E-state index in [-0.39, 0.29) is 11.4 Å². The number of nitrogens with two attached hydrogens (primary N) is 1. The summed E-state index contributed by atoms with van der Waals surface area (Å²) in [4.78, 5) is 17.0. The third-order valence-corrected chi connectivity index (χ3v) is 5.69. The number of hydrogen-bond acceptors (Lipinski definition) is 8. The zero-order valence-corrected chi connectivity index (χ0v) is 16.4. The first-order chi connectivity index (χ1) is 14.7. The van der Waals surface area contributed by atoms with Gasteiger partial charge in [0.1, 0.15) is 0 Å². The molecule has 0 bridgehead atoms. The van der Waals surface area contributed by atoms with Gasteiger partial charge in [0.25, 0.3) is 5.89 Å². The number of ether oxygens (including phenoxy) is 1. The topological polar surface area (TPSA) is 113 Å². The summed E-state index contributed by atoms with van der Waals surface area (Å²) in [5.74, 6) is 1.95. The molecular formula is C22H20N6O2. The van der Waals surface area contributed by atoms with Crippen molar-refractivity contribution < 1.29 is 9.26 Å². The van der Waals surface area contributed by atoms with Gasteiger partial charge in [-0.3, -0.25) is 0 Å². The third-order valence-electron chi connectivity index (χ3n) is 5.69. The average Bonchev–Trinajstić information content (AvgIpc) is 3.24. The minimum atomic E-state index is -0.227. The Balaban J connectivity index is 1.46. The molecule has 0 radical (unpaired) electrons. The van der Waals surface area contributed by atoms with E-state index in [1.807, 2.05) is 6.07 Å². The van der Waals surface area contributed by atoms with Crippen molar-refractivity contribution in [2.24, 2.45) is 0 Å². The molecule has 0 unspecified atom stereocenters. The van der Waals surface area contributed by atoms with E-state index in [1.54, 1.807) is 31.8 Å². The Kier molecular flexibility index (Phi) is 4.39. The molecular weight excluding hydrogens is 380 g/mol. The number of rotatable bonds is 5. The number of pyridine rings is 1. The monoisotopic (exact) mass is 400 g/mol. The molecule has 1 fully saturated rings. The molecule has 30 heavy (non-hydrogen) atoms. The SMILES string of the molecule is COc1cc(-c2nc(C3(c4ccc(-c5cnc(N)nc5)cc4)CCC3)no2)ccn1. The van der Waals surface area contributed by atoms with Gasteiger partial charge in [-0.2, -0.15) is 4.98 Å². The molecule has 3 aromatic heterocycles. The Morgan fingerprint density at radius 1 is 0.967 bits per heavy atom. The van der Waals surface area contributed by atoms with E-state index in [9.17, 15) is 0 Å². The summed E-state index contributed by atoms with van der Waals surface area (Å²) in [7, 11) is 1.58. The summed E-state index contributed by atoms with van der Waals surface area (Å²) >= 11 is 0. The van der Waals surface area contributed by atoms with Crippen LogP contribution in [0.3, 0.4) is 0 Å². The predicted molar refractivity (Wildman–Crippen MR) is 111 cm³/mol. The van der Waals surface area contributed by atoms with E-state index in [2.05, 4.69) is 44.4 Å². The van der Waals surface area contributed by atoms with Gasteiger partial charge in [0.15, 0.2) is 5.82 Å². The zero-order valence-electron chi connectivity index (χ0n) is 16.4. The summed E-state index contributed by atoms with van der Waals surface area (Å²) in [5.41, 5.74) is 9.27. The molecule has 1 aliphatic rings. The van der Waals surface area contributed by atoms with Crippen LogP contribution in [0.25, 0.3) is 22.6 Å². The van der Waals surface area contributed by atoms with Crippen LogP contribution in [-0.4, -0.2) is 32.2 Å². The van der Waals surface area contributed by atoms with Gasteiger partial charge in [0.2, 0.25) is 11.8 Å². The molecule has 150 valence electrons. The largest absolute Gasteiger partial charge is 0.481 e. The molecule has 3 heterocycles. The van der Waals surface area contributed by atoms with Crippen molar-refractivity contribution in [2.75, 3.05) is 12.8 Å². The minimum Gasteiger partial charge on any atom is -0.481 e. The van der Waals surface area contributed by atoms with E-state index in [4.69, 9.17) is 20.0 Å². The lowest BCUT2D eigenvalue weighted by atomic mass is 9.64. The zero-order chi connectivity index (χ0) is 20.6. The molecule has 5 rings (SSSR count). The van der Waals surface area contributed by atoms with Crippen LogP contribution >= 0.6 is 0 Å². The van der Waals surface area contributed by atoms with Crippen LogP contribution in [0.1, 0.15) is 30.7 Å². The highest BCUT2D eigenvalue weighted by molar-refractivity contribution is 5.63. The maximum Gasteiger partial charge on any atom is 0.258 e. The minimum absolute atomic E-state index is 0.227. The first-order valence-electron chi connectivity index (χ1n) is 9.71. The summed E-state index contributed by atoms with van der Waals surface area (Å²) in [6, 6.07) is 12.0. The summed E-state index contributed by atoms with van der Waals surface area (Å²) in [6.07, 6.45) is 8.21. The van der Waals surface area contributed by atoms with Crippen LogP contribution in [0.4, 0.5) is 5.95 Å². The van der Waals surface area contributed by atoms with Crippen molar-refractivity contribution in [1.29, 1.82) is 0 Å². The van der Waals surface area contributed by atoms with E-state index >= 15 is 0 Å². The smallest absolute Gasteiger partial charge is 0.258 e. The maximum atomic E-state index is 5.59. The van der Waals surface area contributed by atoms with Crippen molar-refractivity contribution in [2.45, 2.75) is 24.7 Å². The van der Waals surface area contributed by atoms with Crippen molar-refractivity contribution >= 4 is 5.95 Å². The van der Waals surface area contributed by atoms with Crippen LogP contribution < -0.4 is 10.5 Å². The fraction of sp³-hybridized carbons (Fsp3) is 0.227. The van der Waals surface area contributed by atoms with Crippen molar-refractivity contribution in [3.63, 3.8) is 0 Å². The quantitative estimate of drug-likeness (QED) is 0.540. The van der Waals surface area contributed by atoms with Crippen LogP contribution in [0.15, 0.2) is 59.5 Å². The van der Waals surface area contributed by atoms with Crippen LogP contribution in [-0.2, 0) is 5.41 Å². The van der Waals surface area contributed by atoms with Gasteiger partial charge in [-0.1, -0.05) is 35.8 Å². The number of benzene rings is 1. The van der Waals surface area contributed by atoms with Gasteiger partial charge >= 0.3 is 0 Å². The molecule has 2 N–H and O–H groups in total. The van der Waals surface area contributed by atoms with Gasteiger partial charge in [-0.15, -0.1) is 0 Å². The van der Waals surface area contributed by atoms with Gasteiger partial charge in [-0.25, -0.2) is 15.0 Å². The first kappa shape index (κ1) is 18.2. The lowest BCUT2D eigenvalue weighted by Gasteiger charge is -2.39. The second kappa shape index (κ2) is 7.22. The molecule has 1 aromatic carbocycles. The third kappa shape index (κ3) is 3.06. The van der Waals surface area contributed by atoms with E-state index in [0.29, 0.717) is 17.6 Å². The normalized spacial score (nSPS) is 14.8. The molecule has 1 aliphatic carbocycles. The van der Waals surface area contributed by atoms with Gasteiger partial charge in [-0.05, 0) is 30.0 Å². The maximum absolute atomic E-state index is 5.59. The average molecular weight is 400 g/mol. The Morgan fingerprint density at radius 2 is 1.73 bits per heavy atom. The van der Waals surface area contributed by atoms with Crippen molar-refractivity contribution in [1.82, 2.24) is 25.1 Å². The molecule has 0 saturated heterocycles. The van der Waals surface area contributed by atoms with Crippen molar-refractivity contribution in [3.05, 3.63) is 66.4 Å².